The Morgan fingerprint density at radius 3 is 2.87 bits per heavy atom. The van der Waals surface area contributed by atoms with Gasteiger partial charge in [-0.05, 0) is 13.3 Å². The molecule has 23 heavy (non-hydrogen) atoms. The molecule has 0 aliphatic heterocycles. The van der Waals surface area contributed by atoms with Crippen molar-refractivity contribution in [2.75, 3.05) is 5.43 Å². The number of rotatable bonds is 6. The highest BCUT2D eigenvalue weighted by Gasteiger charge is 2.10. The predicted octanol–water partition coefficient (Wildman–Crippen LogP) is 2.00. The van der Waals surface area contributed by atoms with Crippen molar-refractivity contribution in [3.8, 4) is 0 Å². The molecule has 1 aromatic heterocycles. The minimum Gasteiger partial charge on any atom is -0.288 e. The van der Waals surface area contributed by atoms with Gasteiger partial charge in [0.25, 0.3) is 11.2 Å². The van der Waals surface area contributed by atoms with E-state index in [1.807, 2.05) is 6.92 Å². The molecule has 120 valence electrons. The first kappa shape index (κ1) is 16.3. The molecule has 0 aliphatic rings. The third-order valence-corrected chi connectivity index (χ3v) is 3.03. The van der Waals surface area contributed by atoms with Gasteiger partial charge in [-0.25, -0.2) is 5.43 Å². The number of anilines is 1. The van der Waals surface area contributed by atoms with E-state index in [4.69, 9.17) is 0 Å². The van der Waals surface area contributed by atoms with Crippen molar-refractivity contribution in [2.24, 2.45) is 5.10 Å². The fraction of sp³-hybridized carbons (Fsp3) is 0.286. The van der Waals surface area contributed by atoms with E-state index in [0.717, 1.165) is 6.42 Å². The van der Waals surface area contributed by atoms with Crippen LogP contribution < -0.4 is 11.0 Å². The average Bonchev–Trinajstić information content (AvgIpc) is 2.54. The molecular formula is C14H16N6O3. The Morgan fingerprint density at radius 1 is 1.43 bits per heavy atom. The number of benzene rings is 1. The fourth-order valence-electron chi connectivity index (χ4n) is 1.86. The first-order valence-corrected chi connectivity index (χ1v) is 7.02. The molecule has 0 spiro atoms. The molecular weight excluding hydrogens is 300 g/mol. The number of nitro groups is 1. The molecule has 0 amide bonds. The summed E-state index contributed by atoms with van der Waals surface area (Å²) in [6.07, 6.45) is 1.41. The van der Waals surface area contributed by atoms with Crippen LogP contribution in [0, 0.1) is 17.0 Å². The van der Waals surface area contributed by atoms with Crippen molar-refractivity contribution in [3.63, 3.8) is 0 Å². The summed E-state index contributed by atoms with van der Waals surface area (Å²) in [5.74, 6) is 0.111. The fourth-order valence-corrected chi connectivity index (χ4v) is 1.86. The summed E-state index contributed by atoms with van der Waals surface area (Å²) in [5.41, 5.74) is 3.79. The number of hydrazone groups is 1. The molecule has 9 heteroatoms. The highest BCUT2D eigenvalue weighted by Crippen LogP contribution is 2.16. The number of nitro benzene ring substituents is 1. The Balaban J connectivity index is 2.29. The molecule has 0 aliphatic carbocycles. The SMILES string of the molecule is CCC/C(=N/Nc1nnc(C)c(=O)[nH]1)c1cccc([N+](=O)[O-])c1. The lowest BCUT2D eigenvalue weighted by atomic mass is 10.1. The Labute approximate surface area is 131 Å². The molecule has 2 rings (SSSR count). The van der Waals surface area contributed by atoms with Gasteiger partial charge in [0.1, 0.15) is 5.69 Å². The molecule has 9 nitrogen and oxygen atoms in total. The van der Waals surface area contributed by atoms with Crippen molar-refractivity contribution >= 4 is 17.3 Å². The standard InChI is InChI=1S/C14H16N6O3/c1-3-5-12(10-6-4-7-11(8-10)20(22)23)17-19-14-15-13(21)9(2)16-18-14/h4,6-8H,3,5H2,1-2H3,(H2,15,18,19,21)/b17-12-. The van der Waals surface area contributed by atoms with E-state index in [0.29, 0.717) is 17.7 Å². The van der Waals surface area contributed by atoms with Gasteiger partial charge in [0, 0.05) is 17.7 Å². The third-order valence-electron chi connectivity index (χ3n) is 3.03. The number of nitrogens with one attached hydrogen (secondary N) is 2. The lowest BCUT2D eigenvalue weighted by molar-refractivity contribution is -0.384. The summed E-state index contributed by atoms with van der Waals surface area (Å²) < 4.78 is 0. The molecule has 0 atom stereocenters. The minimum absolute atomic E-state index is 0.00478. The normalized spacial score (nSPS) is 11.3. The van der Waals surface area contributed by atoms with Crippen LogP contribution in [0.3, 0.4) is 0 Å². The summed E-state index contributed by atoms with van der Waals surface area (Å²) >= 11 is 0. The predicted molar refractivity (Wildman–Crippen MR) is 85.6 cm³/mol. The van der Waals surface area contributed by atoms with Crippen LogP contribution in [0.4, 0.5) is 11.6 Å². The number of hydrogen-bond donors (Lipinski definition) is 2. The summed E-state index contributed by atoms with van der Waals surface area (Å²) in [4.78, 5) is 24.4. The minimum atomic E-state index is -0.455. The van der Waals surface area contributed by atoms with Crippen molar-refractivity contribution in [2.45, 2.75) is 26.7 Å². The second kappa shape index (κ2) is 7.25. The number of hydrogen-bond acceptors (Lipinski definition) is 7. The smallest absolute Gasteiger partial charge is 0.274 e. The molecule has 1 aromatic carbocycles. The van der Waals surface area contributed by atoms with Gasteiger partial charge < -0.3 is 0 Å². The van der Waals surface area contributed by atoms with E-state index in [2.05, 4.69) is 25.7 Å². The summed E-state index contributed by atoms with van der Waals surface area (Å²) in [5, 5.41) is 22.5. The Bertz CT molecular complexity index is 799. The maximum Gasteiger partial charge on any atom is 0.274 e. The van der Waals surface area contributed by atoms with Crippen LogP contribution in [0.2, 0.25) is 0 Å². The molecule has 0 unspecified atom stereocenters. The number of non-ortho nitro benzene ring substituents is 1. The topological polar surface area (TPSA) is 126 Å². The number of aryl methyl sites for hydroxylation is 1. The Morgan fingerprint density at radius 2 is 2.22 bits per heavy atom. The zero-order valence-electron chi connectivity index (χ0n) is 12.7. The van der Waals surface area contributed by atoms with Crippen molar-refractivity contribution < 1.29 is 4.92 Å². The Kier molecular flexibility index (Phi) is 5.13. The average molecular weight is 316 g/mol. The largest absolute Gasteiger partial charge is 0.288 e. The van der Waals surface area contributed by atoms with Gasteiger partial charge in [-0.2, -0.15) is 5.10 Å². The summed E-state index contributed by atoms with van der Waals surface area (Å²) in [7, 11) is 0. The molecule has 0 saturated carbocycles. The van der Waals surface area contributed by atoms with Crippen LogP contribution in [-0.2, 0) is 0 Å². The molecule has 2 N–H and O–H groups in total. The van der Waals surface area contributed by atoms with Gasteiger partial charge in [0.15, 0.2) is 0 Å². The number of aromatic amines is 1. The zero-order valence-corrected chi connectivity index (χ0v) is 12.7. The van der Waals surface area contributed by atoms with Crippen LogP contribution in [0.15, 0.2) is 34.2 Å². The van der Waals surface area contributed by atoms with E-state index >= 15 is 0 Å². The molecule has 0 bridgehead atoms. The van der Waals surface area contributed by atoms with Crippen LogP contribution in [0.5, 0.6) is 0 Å². The summed E-state index contributed by atoms with van der Waals surface area (Å²) in [6.45, 7) is 3.52. The van der Waals surface area contributed by atoms with E-state index in [-0.39, 0.29) is 22.9 Å². The number of nitrogens with zero attached hydrogens (tertiary/aromatic N) is 4. The van der Waals surface area contributed by atoms with Gasteiger partial charge in [-0.3, -0.25) is 19.9 Å². The first-order valence-electron chi connectivity index (χ1n) is 7.02. The molecule has 0 fully saturated rings. The lowest BCUT2D eigenvalue weighted by Crippen LogP contribution is -2.16. The first-order chi connectivity index (χ1) is 11.0. The second-order valence-electron chi connectivity index (χ2n) is 4.82. The number of aromatic nitrogens is 3. The monoisotopic (exact) mass is 316 g/mol. The van der Waals surface area contributed by atoms with Crippen LogP contribution in [-0.4, -0.2) is 25.8 Å². The van der Waals surface area contributed by atoms with Crippen LogP contribution >= 0.6 is 0 Å². The maximum atomic E-state index is 11.5. The van der Waals surface area contributed by atoms with E-state index in [9.17, 15) is 14.9 Å². The van der Waals surface area contributed by atoms with Gasteiger partial charge in [0.05, 0.1) is 10.6 Å². The zero-order chi connectivity index (χ0) is 16.8. The van der Waals surface area contributed by atoms with E-state index < -0.39 is 4.92 Å². The highest BCUT2D eigenvalue weighted by atomic mass is 16.6. The lowest BCUT2D eigenvalue weighted by Gasteiger charge is -2.06. The quantitative estimate of drug-likeness (QED) is 0.477. The maximum absolute atomic E-state index is 11.5. The molecule has 1 heterocycles. The van der Waals surface area contributed by atoms with Crippen LogP contribution in [0.25, 0.3) is 0 Å². The molecule has 0 radical (unpaired) electrons. The van der Waals surface area contributed by atoms with Gasteiger partial charge in [-0.15, -0.1) is 10.2 Å². The van der Waals surface area contributed by atoms with Gasteiger partial charge >= 0.3 is 0 Å². The molecule has 0 saturated heterocycles. The van der Waals surface area contributed by atoms with E-state index in [1.165, 1.54) is 12.1 Å². The molecule has 2 aromatic rings. The van der Waals surface area contributed by atoms with Gasteiger partial charge in [-0.1, -0.05) is 25.5 Å². The third kappa shape index (κ3) is 4.19. The highest BCUT2D eigenvalue weighted by molar-refractivity contribution is 6.01. The van der Waals surface area contributed by atoms with Crippen molar-refractivity contribution in [1.29, 1.82) is 0 Å². The van der Waals surface area contributed by atoms with Crippen molar-refractivity contribution in [3.05, 3.63) is 56.0 Å². The van der Waals surface area contributed by atoms with Gasteiger partial charge in [0.2, 0.25) is 5.95 Å². The van der Waals surface area contributed by atoms with Crippen LogP contribution in [0.1, 0.15) is 31.0 Å². The second-order valence-corrected chi connectivity index (χ2v) is 4.82. The Hall–Kier alpha value is -3.10. The van der Waals surface area contributed by atoms with Crippen molar-refractivity contribution in [1.82, 2.24) is 15.2 Å². The van der Waals surface area contributed by atoms with E-state index in [1.54, 1.807) is 19.1 Å². The number of H-pyrrole nitrogens is 1. The summed E-state index contributed by atoms with van der Waals surface area (Å²) in [6, 6.07) is 6.22.